The maximum Gasteiger partial charge on any atom is 0.191 e. The van der Waals surface area contributed by atoms with Gasteiger partial charge in [0.05, 0.1) is 6.10 Å². The highest BCUT2D eigenvalue weighted by Crippen LogP contribution is 2.34. The van der Waals surface area contributed by atoms with Crippen molar-refractivity contribution in [1.82, 2.24) is 10.6 Å². The van der Waals surface area contributed by atoms with Crippen molar-refractivity contribution in [3.8, 4) is 0 Å². The number of ether oxygens (including phenoxy) is 2. The van der Waals surface area contributed by atoms with Crippen LogP contribution in [0.15, 0.2) is 29.3 Å². The number of methoxy groups -OCH3 is 1. The number of halogens is 1. The minimum Gasteiger partial charge on any atom is -0.381 e. The molecule has 0 spiro atoms. The Labute approximate surface area is 162 Å². The number of hydrogen-bond donors (Lipinski definition) is 2. The number of hydrogen-bond acceptors (Lipinski definition) is 3. The zero-order chi connectivity index (χ0) is 19.9. The molecule has 0 saturated carbocycles. The Balaban J connectivity index is 2.04. The van der Waals surface area contributed by atoms with E-state index in [9.17, 15) is 4.39 Å². The lowest BCUT2D eigenvalue weighted by Crippen LogP contribution is -2.50. The molecular formula is C21H34FN3O2. The van der Waals surface area contributed by atoms with Crippen LogP contribution in [0.2, 0.25) is 0 Å². The van der Waals surface area contributed by atoms with Gasteiger partial charge in [-0.25, -0.2) is 4.39 Å². The number of nitrogens with one attached hydrogen (secondary N) is 2. The largest absolute Gasteiger partial charge is 0.381 e. The molecule has 0 aromatic heterocycles. The predicted octanol–water partition coefficient (Wildman–Crippen LogP) is 3.10. The van der Waals surface area contributed by atoms with Crippen molar-refractivity contribution in [2.45, 2.75) is 45.1 Å². The average Bonchev–Trinajstić information content (AvgIpc) is 2.65. The second-order valence-electron chi connectivity index (χ2n) is 8.30. The quantitative estimate of drug-likeness (QED) is 0.589. The minimum atomic E-state index is -0.209. The van der Waals surface area contributed by atoms with Crippen LogP contribution >= 0.6 is 0 Å². The van der Waals surface area contributed by atoms with E-state index in [1.807, 2.05) is 12.1 Å². The second-order valence-corrected chi connectivity index (χ2v) is 8.30. The molecule has 152 valence electrons. The van der Waals surface area contributed by atoms with Crippen molar-refractivity contribution in [3.05, 3.63) is 35.6 Å². The third-order valence-corrected chi connectivity index (χ3v) is 5.43. The van der Waals surface area contributed by atoms with Crippen LogP contribution in [0.1, 0.15) is 39.2 Å². The van der Waals surface area contributed by atoms with E-state index in [1.165, 1.54) is 12.1 Å². The Morgan fingerprint density at radius 1 is 1.22 bits per heavy atom. The third-order valence-electron chi connectivity index (χ3n) is 5.43. The molecule has 27 heavy (non-hydrogen) atoms. The molecule has 0 aliphatic carbocycles. The smallest absolute Gasteiger partial charge is 0.191 e. The summed E-state index contributed by atoms with van der Waals surface area (Å²) >= 11 is 0. The van der Waals surface area contributed by atoms with Crippen LogP contribution in [0.25, 0.3) is 0 Å². The third kappa shape index (κ3) is 5.91. The summed E-state index contributed by atoms with van der Waals surface area (Å²) in [7, 11) is 3.50. The van der Waals surface area contributed by atoms with Gasteiger partial charge in [0.15, 0.2) is 5.96 Å². The van der Waals surface area contributed by atoms with Gasteiger partial charge in [0, 0.05) is 45.9 Å². The van der Waals surface area contributed by atoms with Crippen molar-refractivity contribution in [2.24, 2.45) is 10.4 Å². The molecule has 1 atom stereocenters. The van der Waals surface area contributed by atoms with Gasteiger partial charge in [-0.2, -0.15) is 0 Å². The van der Waals surface area contributed by atoms with Crippen molar-refractivity contribution in [2.75, 3.05) is 40.5 Å². The average molecular weight is 380 g/mol. The molecular weight excluding hydrogens is 345 g/mol. The number of guanidine groups is 1. The first-order chi connectivity index (χ1) is 12.8. The molecule has 1 unspecified atom stereocenters. The highest BCUT2D eigenvalue weighted by Gasteiger charge is 2.34. The van der Waals surface area contributed by atoms with Crippen LogP contribution in [0.3, 0.4) is 0 Å². The molecule has 1 saturated heterocycles. The first-order valence-electron chi connectivity index (χ1n) is 9.62. The topological polar surface area (TPSA) is 54.9 Å². The predicted molar refractivity (Wildman–Crippen MR) is 108 cm³/mol. The Morgan fingerprint density at radius 3 is 2.37 bits per heavy atom. The van der Waals surface area contributed by atoms with E-state index >= 15 is 0 Å². The summed E-state index contributed by atoms with van der Waals surface area (Å²) in [6.07, 6.45) is 1.86. The van der Waals surface area contributed by atoms with Crippen LogP contribution in [0.4, 0.5) is 4.39 Å². The van der Waals surface area contributed by atoms with Gasteiger partial charge < -0.3 is 20.1 Å². The maximum atomic E-state index is 13.4. The van der Waals surface area contributed by atoms with Crippen LogP contribution < -0.4 is 10.6 Å². The van der Waals surface area contributed by atoms with Crippen molar-refractivity contribution in [3.63, 3.8) is 0 Å². The Morgan fingerprint density at radius 2 is 1.85 bits per heavy atom. The molecule has 2 N–H and O–H groups in total. The van der Waals surface area contributed by atoms with E-state index < -0.39 is 0 Å². The van der Waals surface area contributed by atoms with Gasteiger partial charge in [0.2, 0.25) is 0 Å². The minimum absolute atomic E-state index is 0.0383. The molecule has 1 fully saturated rings. The summed E-state index contributed by atoms with van der Waals surface area (Å²) in [4.78, 5) is 4.35. The molecule has 1 aromatic rings. The Bertz CT molecular complexity index is 605. The van der Waals surface area contributed by atoms with Crippen molar-refractivity contribution >= 4 is 5.96 Å². The number of aliphatic imine (C=N–C) groups is 1. The zero-order valence-corrected chi connectivity index (χ0v) is 17.3. The fourth-order valence-electron chi connectivity index (χ4n) is 3.54. The van der Waals surface area contributed by atoms with Gasteiger partial charge in [-0.3, -0.25) is 4.99 Å². The fraction of sp³-hybridized carbons (Fsp3) is 0.667. The molecule has 0 radical (unpaired) electrons. The monoisotopic (exact) mass is 379 g/mol. The Hall–Kier alpha value is -1.66. The van der Waals surface area contributed by atoms with Gasteiger partial charge in [0.25, 0.3) is 0 Å². The number of nitrogens with zero attached hydrogens (tertiary/aromatic N) is 1. The summed E-state index contributed by atoms with van der Waals surface area (Å²) < 4.78 is 24.5. The fourth-order valence-corrected chi connectivity index (χ4v) is 3.54. The number of rotatable bonds is 6. The molecule has 0 bridgehead atoms. The van der Waals surface area contributed by atoms with Gasteiger partial charge in [0.1, 0.15) is 5.82 Å². The first kappa shape index (κ1) is 21.6. The zero-order valence-electron chi connectivity index (χ0n) is 17.3. The standard InChI is InChI=1S/C21H34FN3O2/c1-20(2,3)18(26-5)14-24-19(23-4)25-15-21(10-12-27-13-11-21)16-6-8-17(22)9-7-16/h6-9,18H,10-15H2,1-5H3,(H2,23,24,25). The van der Waals surface area contributed by atoms with E-state index in [4.69, 9.17) is 9.47 Å². The maximum absolute atomic E-state index is 13.4. The molecule has 0 amide bonds. The molecule has 1 aliphatic rings. The van der Waals surface area contributed by atoms with Gasteiger partial charge >= 0.3 is 0 Å². The van der Waals surface area contributed by atoms with Crippen LogP contribution in [-0.4, -0.2) is 52.5 Å². The molecule has 5 nitrogen and oxygen atoms in total. The molecule has 1 heterocycles. The first-order valence-corrected chi connectivity index (χ1v) is 9.62. The van der Waals surface area contributed by atoms with E-state index in [1.54, 1.807) is 14.2 Å². The Kier molecular flexibility index (Phi) is 7.62. The van der Waals surface area contributed by atoms with Gasteiger partial charge in [-0.15, -0.1) is 0 Å². The summed E-state index contributed by atoms with van der Waals surface area (Å²) in [5.74, 6) is 0.536. The van der Waals surface area contributed by atoms with Crippen LogP contribution in [-0.2, 0) is 14.9 Å². The van der Waals surface area contributed by atoms with E-state index in [0.717, 1.165) is 30.9 Å². The van der Waals surface area contributed by atoms with Crippen LogP contribution in [0, 0.1) is 11.2 Å². The van der Waals surface area contributed by atoms with Crippen LogP contribution in [0.5, 0.6) is 0 Å². The summed E-state index contributed by atoms with van der Waals surface area (Å²) in [6, 6.07) is 6.84. The highest BCUT2D eigenvalue weighted by atomic mass is 19.1. The molecule has 2 rings (SSSR count). The molecule has 1 aliphatic heterocycles. The molecule has 6 heteroatoms. The number of benzene rings is 1. The SMILES string of the molecule is CN=C(NCC(OC)C(C)(C)C)NCC1(c2ccc(F)cc2)CCOCC1. The van der Waals surface area contributed by atoms with E-state index in [2.05, 4.69) is 36.4 Å². The lowest BCUT2D eigenvalue weighted by atomic mass is 9.74. The van der Waals surface area contributed by atoms with Crippen molar-refractivity contribution in [1.29, 1.82) is 0 Å². The summed E-state index contributed by atoms with van der Waals surface area (Å²) in [5.41, 5.74) is 1.09. The van der Waals surface area contributed by atoms with E-state index in [-0.39, 0.29) is 22.8 Å². The molecule has 1 aromatic carbocycles. The van der Waals surface area contributed by atoms with Gasteiger partial charge in [-0.05, 0) is 36.0 Å². The lowest BCUT2D eigenvalue weighted by Gasteiger charge is -2.38. The lowest BCUT2D eigenvalue weighted by molar-refractivity contribution is 0.0204. The highest BCUT2D eigenvalue weighted by molar-refractivity contribution is 5.79. The van der Waals surface area contributed by atoms with Gasteiger partial charge in [-0.1, -0.05) is 32.9 Å². The second kappa shape index (κ2) is 9.51. The summed E-state index contributed by atoms with van der Waals surface area (Å²) in [5, 5.41) is 6.82. The van der Waals surface area contributed by atoms with Crippen molar-refractivity contribution < 1.29 is 13.9 Å². The van der Waals surface area contributed by atoms with E-state index in [0.29, 0.717) is 19.8 Å². The summed E-state index contributed by atoms with van der Waals surface area (Å²) in [6.45, 7) is 9.28. The normalized spacial score (nSPS) is 18.8.